The molecule has 1 aromatic carbocycles. The number of alkyl halides is 2. The van der Waals surface area contributed by atoms with E-state index in [0.29, 0.717) is 12.5 Å². The zero-order valence-electron chi connectivity index (χ0n) is 9.31. The first-order valence-electron chi connectivity index (χ1n) is 5.55. The van der Waals surface area contributed by atoms with Gasteiger partial charge in [-0.2, -0.15) is 8.78 Å². The van der Waals surface area contributed by atoms with E-state index in [1.165, 1.54) is 12.1 Å². The Labute approximate surface area is 98.5 Å². The molecule has 1 aromatic rings. The number of hydrogen-bond donors (Lipinski definition) is 1. The molecular formula is C12H15F2NO2. The summed E-state index contributed by atoms with van der Waals surface area (Å²) < 4.78 is 33.5. The Bertz CT molecular complexity index is 350. The number of nitrogens with two attached hydrogens (primary N) is 1. The van der Waals surface area contributed by atoms with Crippen LogP contribution in [0.15, 0.2) is 24.3 Å². The number of rotatable bonds is 4. The maximum absolute atomic E-state index is 12.0. The summed E-state index contributed by atoms with van der Waals surface area (Å²) in [5.41, 5.74) is 7.00. The second kappa shape index (κ2) is 5.42. The Morgan fingerprint density at radius 3 is 2.53 bits per heavy atom. The third-order valence-corrected chi connectivity index (χ3v) is 2.96. The number of benzene rings is 1. The van der Waals surface area contributed by atoms with E-state index < -0.39 is 6.61 Å². The maximum Gasteiger partial charge on any atom is 0.387 e. The Kier molecular flexibility index (Phi) is 3.91. The van der Waals surface area contributed by atoms with Gasteiger partial charge in [-0.05, 0) is 24.1 Å². The van der Waals surface area contributed by atoms with Crippen molar-refractivity contribution in [2.75, 3.05) is 13.2 Å². The molecule has 0 aliphatic carbocycles. The Morgan fingerprint density at radius 1 is 1.29 bits per heavy atom. The van der Waals surface area contributed by atoms with Gasteiger partial charge in [-0.3, -0.25) is 0 Å². The number of ether oxygens (including phenoxy) is 2. The van der Waals surface area contributed by atoms with Gasteiger partial charge in [0.25, 0.3) is 0 Å². The van der Waals surface area contributed by atoms with Crippen molar-refractivity contribution in [2.24, 2.45) is 11.7 Å². The molecule has 2 N–H and O–H groups in total. The minimum atomic E-state index is -2.79. The van der Waals surface area contributed by atoms with Crippen LogP contribution in [0, 0.1) is 5.92 Å². The first kappa shape index (κ1) is 12.3. The molecule has 17 heavy (non-hydrogen) atoms. The van der Waals surface area contributed by atoms with E-state index in [-0.39, 0.29) is 11.8 Å². The van der Waals surface area contributed by atoms with Crippen LogP contribution in [0.1, 0.15) is 18.0 Å². The van der Waals surface area contributed by atoms with Crippen molar-refractivity contribution in [1.29, 1.82) is 0 Å². The monoisotopic (exact) mass is 243 g/mol. The van der Waals surface area contributed by atoms with E-state index in [1.54, 1.807) is 12.1 Å². The average Bonchev–Trinajstić information content (AvgIpc) is 2.82. The van der Waals surface area contributed by atoms with E-state index in [1.807, 2.05) is 0 Å². The van der Waals surface area contributed by atoms with Crippen molar-refractivity contribution in [3.63, 3.8) is 0 Å². The largest absolute Gasteiger partial charge is 0.435 e. The topological polar surface area (TPSA) is 44.5 Å². The molecule has 0 saturated carbocycles. The highest BCUT2D eigenvalue weighted by atomic mass is 19.3. The average molecular weight is 243 g/mol. The minimum absolute atomic E-state index is 0.113. The Hall–Kier alpha value is -1.20. The normalized spacial score (nSPS) is 21.8. The lowest BCUT2D eigenvalue weighted by molar-refractivity contribution is -0.0498. The highest BCUT2D eigenvalue weighted by Crippen LogP contribution is 2.27. The highest BCUT2D eigenvalue weighted by Gasteiger charge is 2.23. The number of hydrogen-bond acceptors (Lipinski definition) is 3. The Morgan fingerprint density at radius 2 is 2.00 bits per heavy atom. The first-order valence-corrected chi connectivity index (χ1v) is 5.55. The molecule has 2 rings (SSSR count). The lowest BCUT2D eigenvalue weighted by Gasteiger charge is -2.18. The van der Waals surface area contributed by atoms with Crippen molar-refractivity contribution in [2.45, 2.75) is 19.1 Å². The zero-order valence-corrected chi connectivity index (χ0v) is 9.31. The summed E-state index contributed by atoms with van der Waals surface area (Å²) in [4.78, 5) is 0. The lowest BCUT2D eigenvalue weighted by Crippen LogP contribution is -2.21. The summed E-state index contributed by atoms with van der Waals surface area (Å²) in [7, 11) is 0. The molecule has 0 spiro atoms. The second-order valence-electron chi connectivity index (χ2n) is 4.10. The van der Waals surface area contributed by atoms with Crippen LogP contribution < -0.4 is 10.5 Å². The minimum Gasteiger partial charge on any atom is -0.435 e. The molecule has 0 radical (unpaired) electrons. The van der Waals surface area contributed by atoms with E-state index in [0.717, 1.165) is 18.6 Å². The van der Waals surface area contributed by atoms with Gasteiger partial charge in [0.2, 0.25) is 0 Å². The molecular weight excluding hydrogens is 228 g/mol. The van der Waals surface area contributed by atoms with Crippen molar-refractivity contribution in [3.8, 4) is 5.75 Å². The highest BCUT2D eigenvalue weighted by molar-refractivity contribution is 5.29. The zero-order chi connectivity index (χ0) is 12.3. The van der Waals surface area contributed by atoms with Gasteiger partial charge >= 0.3 is 6.61 Å². The van der Waals surface area contributed by atoms with Crippen LogP contribution in [-0.4, -0.2) is 19.8 Å². The molecule has 0 aromatic heterocycles. The van der Waals surface area contributed by atoms with Gasteiger partial charge < -0.3 is 15.2 Å². The van der Waals surface area contributed by atoms with Crippen LogP contribution in [0.2, 0.25) is 0 Å². The third kappa shape index (κ3) is 3.14. The predicted molar refractivity (Wildman–Crippen MR) is 58.9 cm³/mol. The third-order valence-electron chi connectivity index (χ3n) is 2.96. The fraction of sp³-hybridized carbons (Fsp3) is 0.500. The van der Waals surface area contributed by atoms with Crippen LogP contribution in [0.5, 0.6) is 5.75 Å². The van der Waals surface area contributed by atoms with Gasteiger partial charge in [-0.25, -0.2) is 0 Å². The molecule has 0 bridgehead atoms. The van der Waals surface area contributed by atoms with Gasteiger partial charge in [0.1, 0.15) is 5.75 Å². The molecule has 1 fully saturated rings. The molecule has 1 heterocycles. The second-order valence-corrected chi connectivity index (χ2v) is 4.10. The first-order chi connectivity index (χ1) is 8.16. The van der Waals surface area contributed by atoms with E-state index in [2.05, 4.69) is 4.74 Å². The van der Waals surface area contributed by atoms with Crippen molar-refractivity contribution >= 4 is 0 Å². The van der Waals surface area contributed by atoms with Crippen LogP contribution in [-0.2, 0) is 4.74 Å². The van der Waals surface area contributed by atoms with E-state index in [4.69, 9.17) is 10.5 Å². The van der Waals surface area contributed by atoms with E-state index >= 15 is 0 Å². The molecule has 1 saturated heterocycles. The standard InChI is InChI=1S/C12H15F2NO2/c13-12(14)17-10-3-1-8(2-4-10)11(15)9-5-6-16-7-9/h1-4,9,11-12H,5-7,15H2. The van der Waals surface area contributed by atoms with Gasteiger partial charge in [-0.15, -0.1) is 0 Å². The summed E-state index contributed by atoms with van der Waals surface area (Å²) in [6.45, 7) is -1.39. The molecule has 1 aliphatic heterocycles. The summed E-state index contributed by atoms with van der Waals surface area (Å²) >= 11 is 0. The van der Waals surface area contributed by atoms with Gasteiger partial charge in [0.05, 0.1) is 6.61 Å². The smallest absolute Gasteiger partial charge is 0.387 e. The molecule has 5 heteroatoms. The summed E-state index contributed by atoms with van der Waals surface area (Å²) in [6, 6.07) is 6.36. The van der Waals surface area contributed by atoms with Crippen LogP contribution in [0.3, 0.4) is 0 Å². The Balaban J connectivity index is 2.01. The van der Waals surface area contributed by atoms with Gasteiger partial charge in [0.15, 0.2) is 0 Å². The molecule has 0 amide bonds. The summed E-state index contributed by atoms with van der Waals surface area (Å²) in [5.74, 6) is 0.454. The SMILES string of the molecule is NC(c1ccc(OC(F)F)cc1)C1CCOC1. The fourth-order valence-electron chi connectivity index (χ4n) is 1.98. The van der Waals surface area contributed by atoms with Crippen molar-refractivity contribution < 1.29 is 18.3 Å². The van der Waals surface area contributed by atoms with Gasteiger partial charge in [-0.1, -0.05) is 12.1 Å². The van der Waals surface area contributed by atoms with Crippen LogP contribution in [0.25, 0.3) is 0 Å². The lowest BCUT2D eigenvalue weighted by atomic mass is 9.93. The van der Waals surface area contributed by atoms with Gasteiger partial charge in [0, 0.05) is 18.6 Å². The summed E-state index contributed by atoms with van der Waals surface area (Å²) in [6.07, 6.45) is 0.941. The molecule has 2 atom stereocenters. The van der Waals surface area contributed by atoms with Crippen molar-refractivity contribution in [1.82, 2.24) is 0 Å². The molecule has 94 valence electrons. The quantitative estimate of drug-likeness (QED) is 0.882. The van der Waals surface area contributed by atoms with Crippen LogP contribution in [0.4, 0.5) is 8.78 Å². The molecule has 2 unspecified atom stereocenters. The predicted octanol–water partition coefficient (Wildman–Crippen LogP) is 2.32. The summed E-state index contributed by atoms with van der Waals surface area (Å²) in [5, 5.41) is 0. The van der Waals surface area contributed by atoms with Crippen LogP contribution >= 0.6 is 0 Å². The molecule has 1 aliphatic rings. The number of halogens is 2. The molecule has 3 nitrogen and oxygen atoms in total. The van der Waals surface area contributed by atoms with E-state index in [9.17, 15) is 8.78 Å². The maximum atomic E-state index is 12.0. The fourth-order valence-corrected chi connectivity index (χ4v) is 1.98. The van der Waals surface area contributed by atoms with Crippen molar-refractivity contribution in [3.05, 3.63) is 29.8 Å².